The molecule has 1 aromatic carbocycles. The lowest BCUT2D eigenvalue weighted by atomic mass is 10.1. The van der Waals surface area contributed by atoms with E-state index in [-0.39, 0.29) is 6.04 Å². The summed E-state index contributed by atoms with van der Waals surface area (Å²) in [5.74, 6) is 1.53. The zero-order valence-corrected chi connectivity index (χ0v) is 12.4. The van der Waals surface area contributed by atoms with Gasteiger partial charge in [-0.1, -0.05) is 22.9 Å². The Labute approximate surface area is 121 Å². The van der Waals surface area contributed by atoms with Gasteiger partial charge in [0.1, 0.15) is 11.5 Å². The Balaban J connectivity index is 2.08. The average Bonchev–Trinajstić information content (AvgIpc) is 2.42. The van der Waals surface area contributed by atoms with Gasteiger partial charge >= 0.3 is 0 Å². The summed E-state index contributed by atoms with van der Waals surface area (Å²) >= 11 is 3.40. The third-order valence-electron chi connectivity index (χ3n) is 2.84. The molecule has 0 fully saturated rings. The molecule has 1 heterocycles. The Kier molecular flexibility index (Phi) is 4.93. The quantitative estimate of drug-likeness (QED) is 0.908. The van der Waals surface area contributed by atoms with Crippen molar-refractivity contribution < 1.29 is 4.74 Å². The first kappa shape index (κ1) is 14.0. The highest BCUT2D eigenvalue weighted by molar-refractivity contribution is 9.10. The van der Waals surface area contributed by atoms with E-state index >= 15 is 0 Å². The molecule has 1 unspecified atom stereocenters. The largest absolute Gasteiger partial charge is 0.456 e. The van der Waals surface area contributed by atoms with E-state index in [0.717, 1.165) is 34.4 Å². The van der Waals surface area contributed by atoms with Crippen molar-refractivity contribution >= 4 is 15.9 Å². The van der Waals surface area contributed by atoms with Crippen LogP contribution in [0, 0.1) is 0 Å². The maximum absolute atomic E-state index is 5.95. The van der Waals surface area contributed by atoms with Gasteiger partial charge in [-0.3, -0.25) is 4.98 Å². The third kappa shape index (κ3) is 4.33. The minimum absolute atomic E-state index is 0.171. The van der Waals surface area contributed by atoms with Crippen LogP contribution < -0.4 is 10.5 Å². The van der Waals surface area contributed by atoms with Crippen LogP contribution >= 0.6 is 15.9 Å². The number of aromatic nitrogens is 1. The molecule has 2 N–H and O–H groups in total. The van der Waals surface area contributed by atoms with E-state index in [1.54, 1.807) is 6.20 Å². The van der Waals surface area contributed by atoms with Crippen molar-refractivity contribution in [2.24, 2.45) is 5.73 Å². The van der Waals surface area contributed by atoms with Gasteiger partial charge in [-0.2, -0.15) is 0 Å². The number of hydrogen-bond acceptors (Lipinski definition) is 3. The first-order valence-electron chi connectivity index (χ1n) is 6.30. The van der Waals surface area contributed by atoms with Gasteiger partial charge in [-0.05, 0) is 48.7 Å². The van der Waals surface area contributed by atoms with Crippen LogP contribution in [0.3, 0.4) is 0 Å². The van der Waals surface area contributed by atoms with Gasteiger partial charge in [0.05, 0.1) is 6.20 Å². The van der Waals surface area contributed by atoms with Crippen molar-refractivity contribution in [1.82, 2.24) is 4.98 Å². The van der Waals surface area contributed by atoms with Gasteiger partial charge < -0.3 is 10.5 Å². The number of rotatable bonds is 5. The van der Waals surface area contributed by atoms with Crippen molar-refractivity contribution in [2.45, 2.75) is 25.8 Å². The number of hydrogen-bond donors (Lipinski definition) is 1. The van der Waals surface area contributed by atoms with Crippen LogP contribution in [0.15, 0.2) is 47.2 Å². The minimum atomic E-state index is 0.171. The third-order valence-corrected chi connectivity index (χ3v) is 3.37. The fourth-order valence-corrected chi connectivity index (χ4v) is 1.98. The number of nitrogens with two attached hydrogens (primary N) is 1. The van der Waals surface area contributed by atoms with Crippen LogP contribution in [0.2, 0.25) is 0 Å². The Morgan fingerprint density at radius 1 is 1.21 bits per heavy atom. The normalized spacial score (nSPS) is 12.2. The minimum Gasteiger partial charge on any atom is -0.456 e. The number of ether oxygens (including phenoxy) is 1. The van der Waals surface area contributed by atoms with Crippen LogP contribution in [0.25, 0.3) is 0 Å². The topological polar surface area (TPSA) is 48.1 Å². The SMILES string of the molecule is CCC(N)Cc1cncc(Oc2ccc(Br)cc2)c1. The summed E-state index contributed by atoms with van der Waals surface area (Å²) in [6.45, 7) is 2.08. The lowest BCUT2D eigenvalue weighted by Crippen LogP contribution is -2.21. The predicted octanol–water partition coefficient (Wildman–Crippen LogP) is 3.92. The molecular weight excluding hydrogens is 304 g/mol. The fourth-order valence-electron chi connectivity index (χ4n) is 1.72. The molecule has 0 radical (unpaired) electrons. The molecule has 1 atom stereocenters. The highest BCUT2D eigenvalue weighted by Crippen LogP contribution is 2.23. The van der Waals surface area contributed by atoms with Crippen molar-refractivity contribution in [1.29, 1.82) is 0 Å². The highest BCUT2D eigenvalue weighted by Gasteiger charge is 2.04. The number of halogens is 1. The predicted molar refractivity (Wildman–Crippen MR) is 80.4 cm³/mol. The van der Waals surface area contributed by atoms with Gasteiger partial charge in [0.25, 0.3) is 0 Å². The summed E-state index contributed by atoms with van der Waals surface area (Å²) in [7, 11) is 0. The summed E-state index contributed by atoms with van der Waals surface area (Å²) < 4.78 is 6.79. The molecule has 100 valence electrons. The molecule has 0 amide bonds. The molecule has 0 saturated heterocycles. The maximum atomic E-state index is 5.95. The van der Waals surface area contributed by atoms with E-state index in [9.17, 15) is 0 Å². The Bertz CT molecular complexity index is 528. The molecule has 0 saturated carbocycles. The van der Waals surface area contributed by atoms with Crippen LogP contribution in [-0.2, 0) is 6.42 Å². The molecule has 4 heteroatoms. The maximum Gasteiger partial charge on any atom is 0.145 e. The van der Waals surface area contributed by atoms with Crippen LogP contribution in [0.5, 0.6) is 11.5 Å². The summed E-state index contributed by atoms with van der Waals surface area (Å²) in [5, 5.41) is 0. The standard InChI is InChI=1S/C15H17BrN2O/c1-2-13(17)7-11-8-15(10-18-9-11)19-14-5-3-12(16)4-6-14/h3-6,8-10,13H,2,7,17H2,1H3. The molecule has 1 aromatic heterocycles. The molecule has 0 spiro atoms. The first-order chi connectivity index (χ1) is 9.17. The second-order valence-corrected chi connectivity index (χ2v) is 5.37. The van der Waals surface area contributed by atoms with Gasteiger partial charge in [0.15, 0.2) is 0 Å². The molecule has 0 aliphatic heterocycles. The Morgan fingerprint density at radius 3 is 2.63 bits per heavy atom. The van der Waals surface area contributed by atoms with E-state index in [4.69, 9.17) is 10.5 Å². The van der Waals surface area contributed by atoms with Gasteiger partial charge in [-0.25, -0.2) is 0 Å². The zero-order valence-electron chi connectivity index (χ0n) is 10.8. The summed E-state index contributed by atoms with van der Waals surface area (Å²) in [6, 6.07) is 9.87. The van der Waals surface area contributed by atoms with Crippen molar-refractivity contribution in [3.63, 3.8) is 0 Å². The molecule has 2 rings (SSSR count). The van der Waals surface area contributed by atoms with E-state index in [1.807, 2.05) is 36.5 Å². The van der Waals surface area contributed by atoms with Gasteiger partial charge in [0, 0.05) is 16.7 Å². The highest BCUT2D eigenvalue weighted by atomic mass is 79.9. The van der Waals surface area contributed by atoms with E-state index in [0.29, 0.717) is 0 Å². The second kappa shape index (κ2) is 6.68. The first-order valence-corrected chi connectivity index (χ1v) is 7.09. The molecule has 0 aliphatic carbocycles. The lowest BCUT2D eigenvalue weighted by Gasteiger charge is -2.10. The van der Waals surface area contributed by atoms with Gasteiger partial charge in [-0.15, -0.1) is 0 Å². The molecule has 2 aromatic rings. The number of pyridine rings is 1. The monoisotopic (exact) mass is 320 g/mol. The smallest absolute Gasteiger partial charge is 0.145 e. The summed E-state index contributed by atoms with van der Waals surface area (Å²) in [6.07, 6.45) is 5.33. The van der Waals surface area contributed by atoms with Crippen LogP contribution in [0.1, 0.15) is 18.9 Å². The molecule has 0 bridgehead atoms. The van der Waals surface area contributed by atoms with E-state index in [1.165, 1.54) is 0 Å². The Morgan fingerprint density at radius 2 is 1.95 bits per heavy atom. The van der Waals surface area contributed by atoms with E-state index in [2.05, 4.69) is 27.8 Å². The fraction of sp³-hybridized carbons (Fsp3) is 0.267. The summed E-state index contributed by atoms with van der Waals surface area (Å²) in [4.78, 5) is 4.20. The zero-order chi connectivity index (χ0) is 13.7. The van der Waals surface area contributed by atoms with E-state index < -0.39 is 0 Å². The lowest BCUT2D eigenvalue weighted by molar-refractivity contribution is 0.478. The second-order valence-electron chi connectivity index (χ2n) is 4.46. The molecule has 0 aliphatic rings. The molecule has 19 heavy (non-hydrogen) atoms. The van der Waals surface area contributed by atoms with Crippen molar-refractivity contribution in [3.05, 3.63) is 52.8 Å². The summed E-state index contributed by atoms with van der Waals surface area (Å²) in [5.41, 5.74) is 7.05. The molecule has 3 nitrogen and oxygen atoms in total. The Hall–Kier alpha value is -1.39. The van der Waals surface area contributed by atoms with Crippen molar-refractivity contribution in [2.75, 3.05) is 0 Å². The van der Waals surface area contributed by atoms with Crippen LogP contribution in [-0.4, -0.2) is 11.0 Å². The van der Waals surface area contributed by atoms with Crippen LogP contribution in [0.4, 0.5) is 0 Å². The number of nitrogens with zero attached hydrogens (tertiary/aromatic N) is 1. The van der Waals surface area contributed by atoms with Gasteiger partial charge in [0.2, 0.25) is 0 Å². The number of benzene rings is 1. The average molecular weight is 321 g/mol. The van der Waals surface area contributed by atoms with Crippen molar-refractivity contribution in [3.8, 4) is 11.5 Å². The molecular formula is C15H17BrN2O.